The monoisotopic (exact) mass is 443 g/mol. The van der Waals surface area contributed by atoms with Crippen LogP contribution in [0.4, 0.5) is 11.8 Å². The van der Waals surface area contributed by atoms with E-state index in [1.165, 1.54) is 11.0 Å². The zero-order valence-electron chi connectivity index (χ0n) is 20.2. The van der Waals surface area contributed by atoms with Crippen LogP contribution < -0.4 is 16.0 Å². The van der Waals surface area contributed by atoms with Gasteiger partial charge in [-0.05, 0) is 33.9 Å². The highest BCUT2D eigenvalue weighted by atomic mass is 16.2. The highest BCUT2D eigenvalue weighted by molar-refractivity contribution is 5.92. The molecule has 0 fully saturated rings. The van der Waals surface area contributed by atoms with Crippen LogP contribution in [0, 0.1) is 11.8 Å². The lowest BCUT2D eigenvalue weighted by Crippen LogP contribution is -2.45. The van der Waals surface area contributed by atoms with Crippen LogP contribution in [0.3, 0.4) is 0 Å². The molecule has 0 saturated carbocycles. The number of hydrogen-bond acceptors (Lipinski definition) is 7. The number of likely N-dealkylation sites (N-methyl/N-ethyl adjacent to an activating group) is 2. The lowest BCUT2D eigenvalue weighted by Gasteiger charge is -2.23. The summed E-state index contributed by atoms with van der Waals surface area (Å²) < 4.78 is 0. The highest BCUT2D eigenvalue weighted by Gasteiger charge is 2.20. The zero-order chi connectivity index (χ0) is 23.9. The minimum Gasteiger partial charge on any atom is -0.369 e. The molecule has 1 rings (SSSR count). The fourth-order valence-corrected chi connectivity index (χ4v) is 2.51. The first-order chi connectivity index (χ1) is 15.3. The van der Waals surface area contributed by atoms with Crippen molar-refractivity contribution in [2.24, 2.45) is 0 Å². The lowest BCUT2D eigenvalue weighted by atomic mass is 10.2. The van der Waals surface area contributed by atoms with Crippen molar-refractivity contribution in [1.29, 1.82) is 0 Å². The van der Waals surface area contributed by atoms with Gasteiger partial charge < -0.3 is 25.8 Å². The number of hydrogen-bond donors (Lipinski definition) is 3. The fraction of sp³-hybridized carbons (Fsp3) is 0.565. The average molecular weight is 444 g/mol. The van der Waals surface area contributed by atoms with Crippen molar-refractivity contribution >= 4 is 23.6 Å². The van der Waals surface area contributed by atoms with E-state index in [9.17, 15) is 9.59 Å². The summed E-state index contributed by atoms with van der Waals surface area (Å²) in [6.07, 6.45) is 7.29. The molecule has 0 aliphatic heterocycles. The number of nitrogens with zero attached hydrogens (tertiary/aromatic N) is 4. The summed E-state index contributed by atoms with van der Waals surface area (Å²) in [5, 5.41) is 9.06. The molecule has 0 radical (unpaired) electrons. The van der Waals surface area contributed by atoms with Gasteiger partial charge in [-0.2, -0.15) is 4.98 Å². The smallest absolute Gasteiger partial charge is 0.246 e. The van der Waals surface area contributed by atoms with E-state index >= 15 is 0 Å². The molecular weight excluding hydrogens is 406 g/mol. The normalized spacial score (nSPS) is 11.6. The van der Waals surface area contributed by atoms with Crippen LogP contribution in [0.1, 0.15) is 38.7 Å². The van der Waals surface area contributed by atoms with Gasteiger partial charge in [0.2, 0.25) is 17.8 Å². The molecule has 1 aromatic rings. The van der Waals surface area contributed by atoms with Gasteiger partial charge in [0.05, 0.1) is 11.8 Å². The molecule has 1 atom stereocenters. The number of aromatic nitrogens is 2. The van der Waals surface area contributed by atoms with Gasteiger partial charge in [-0.1, -0.05) is 24.8 Å². The third-order valence-corrected chi connectivity index (χ3v) is 4.59. The summed E-state index contributed by atoms with van der Waals surface area (Å²) >= 11 is 0. The number of carbonyl (C=O) groups is 2. The first kappa shape index (κ1) is 26.9. The van der Waals surface area contributed by atoms with Crippen molar-refractivity contribution in [3.63, 3.8) is 0 Å². The molecule has 1 aromatic heterocycles. The molecule has 1 heterocycles. The Kier molecular flexibility index (Phi) is 12.5. The predicted molar refractivity (Wildman–Crippen MR) is 129 cm³/mol. The van der Waals surface area contributed by atoms with Crippen molar-refractivity contribution in [1.82, 2.24) is 25.1 Å². The van der Waals surface area contributed by atoms with Gasteiger partial charge >= 0.3 is 0 Å². The number of unbranched alkanes of at least 4 members (excludes halogenated alkanes) is 1. The maximum atomic E-state index is 12.3. The van der Waals surface area contributed by atoms with Crippen molar-refractivity contribution in [2.75, 3.05) is 58.5 Å². The van der Waals surface area contributed by atoms with Gasteiger partial charge in [-0.3, -0.25) is 9.59 Å². The predicted octanol–water partition coefficient (Wildman–Crippen LogP) is 1.55. The van der Waals surface area contributed by atoms with E-state index in [1.807, 2.05) is 19.0 Å². The summed E-state index contributed by atoms with van der Waals surface area (Å²) in [6.45, 7) is 5.77. The second-order valence-electron chi connectivity index (χ2n) is 7.62. The summed E-state index contributed by atoms with van der Waals surface area (Å²) in [6, 6.07) is -0.548. The van der Waals surface area contributed by atoms with Crippen LogP contribution in [0.2, 0.25) is 0 Å². The van der Waals surface area contributed by atoms with Crippen LogP contribution in [0.5, 0.6) is 0 Å². The van der Waals surface area contributed by atoms with Crippen LogP contribution in [0.25, 0.3) is 0 Å². The Labute approximate surface area is 192 Å². The second-order valence-corrected chi connectivity index (χ2v) is 7.62. The van der Waals surface area contributed by atoms with E-state index < -0.39 is 6.04 Å². The third-order valence-electron chi connectivity index (χ3n) is 4.59. The summed E-state index contributed by atoms with van der Waals surface area (Å²) in [5.74, 6) is 7.10. The summed E-state index contributed by atoms with van der Waals surface area (Å²) in [7, 11) is 7.25. The van der Waals surface area contributed by atoms with Crippen LogP contribution in [-0.2, 0) is 9.59 Å². The minimum absolute atomic E-state index is 0.183. The van der Waals surface area contributed by atoms with Gasteiger partial charge in [0, 0.05) is 46.2 Å². The molecule has 2 amide bonds. The van der Waals surface area contributed by atoms with Gasteiger partial charge in [0.25, 0.3) is 0 Å². The van der Waals surface area contributed by atoms with E-state index in [2.05, 4.69) is 44.7 Å². The Hall–Kier alpha value is -3.12. The lowest BCUT2D eigenvalue weighted by molar-refractivity contribution is -0.135. The quantitative estimate of drug-likeness (QED) is 0.256. The van der Waals surface area contributed by atoms with Crippen LogP contribution >= 0.6 is 0 Å². The van der Waals surface area contributed by atoms with Gasteiger partial charge in [-0.15, -0.1) is 0 Å². The van der Waals surface area contributed by atoms with E-state index in [0.717, 1.165) is 18.5 Å². The molecule has 1 unspecified atom stereocenters. The number of rotatable bonds is 12. The van der Waals surface area contributed by atoms with E-state index in [0.29, 0.717) is 37.7 Å². The standard InChI is InChI=1S/C23H37N7O2/c1-7-14-25-21-19(17-27-23(24-3)28-21)12-9-8-10-15-26-22(32)18(2)30(6)20(31)13-11-16-29(4)5/h11,13,17-18H,7-8,10,14-16H2,1-6H3,(H,26,32)(H2,24,25,27,28)/b13-11+. The summed E-state index contributed by atoms with van der Waals surface area (Å²) in [5.41, 5.74) is 0.748. The van der Waals surface area contributed by atoms with Crippen LogP contribution in [-0.4, -0.2) is 85.4 Å². The maximum Gasteiger partial charge on any atom is 0.246 e. The number of nitrogens with one attached hydrogen (secondary N) is 3. The molecule has 32 heavy (non-hydrogen) atoms. The number of anilines is 2. The molecule has 0 saturated heterocycles. The van der Waals surface area contributed by atoms with Crippen molar-refractivity contribution in [3.05, 3.63) is 23.9 Å². The second kappa shape index (κ2) is 14.8. The largest absolute Gasteiger partial charge is 0.369 e. The Morgan fingerprint density at radius 3 is 2.66 bits per heavy atom. The molecule has 0 bridgehead atoms. The van der Waals surface area contributed by atoms with Gasteiger partial charge in [0.15, 0.2) is 0 Å². The highest BCUT2D eigenvalue weighted by Crippen LogP contribution is 2.12. The Morgan fingerprint density at radius 1 is 1.25 bits per heavy atom. The van der Waals surface area contributed by atoms with Gasteiger partial charge in [-0.25, -0.2) is 4.98 Å². The summed E-state index contributed by atoms with van der Waals surface area (Å²) in [4.78, 5) is 36.5. The topological polar surface area (TPSA) is 102 Å². The van der Waals surface area contributed by atoms with Crippen LogP contribution in [0.15, 0.2) is 18.3 Å². The van der Waals surface area contributed by atoms with E-state index in [-0.39, 0.29) is 11.8 Å². The van der Waals surface area contributed by atoms with Crippen molar-refractivity contribution in [2.45, 2.75) is 39.2 Å². The number of amides is 2. The van der Waals surface area contributed by atoms with Crippen molar-refractivity contribution in [3.8, 4) is 11.8 Å². The molecule has 0 aliphatic carbocycles. The van der Waals surface area contributed by atoms with E-state index in [4.69, 9.17) is 0 Å². The molecule has 176 valence electrons. The van der Waals surface area contributed by atoms with Gasteiger partial charge in [0.1, 0.15) is 11.9 Å². The molecule has 9 heteroatoms. The SMILES string of the molecule is CCCNc1nc(NC)ncc1C#CCCCNC(=O)C(C)N(C)C(=O)/C=C/CN(C)C. The first-order valence-corrected chi connectivity index (χ1v) is 10.9. The van der Waals surface area contributed by atoms with Crippen molar-refractivity contribution < 1.29 is 9.59 Å². The third kappa shape index (κ3) is 9.79. The number of carbonyl (C=O) groups excluding carboxylic acids is 2. The Balaban J connectivity index is 2.48. The first-order valence-electron chi connectivity index (χ1n) is 10.9. The molecular formula is C23H37N7O2. The molecule has 0 aliphatic rings. The maximum absolute atomic E-state index is 12.3. The molecule has 0 spiro atoms. The molecule has 9 nitrogen and oxygen atoms in total. The minimum atomic E-state index is -0.548. The molecule has 3 N–H and O–H groups in total. The Bertz CT molecular complexity index is 827. The molecule has 0 aromatic carbocycles. The average Bonchev–Trinajstić information content (AvgIpc) is 2.78. The zero-order valence-corrected chi connectivity index (χ0v) is 20.2. The fourth-order valence-electron chi connectivity index (χ4n) is 2.51. The Morgan fingerprint density at radius 2 is 2.00 bits per heavy atom. The van der Waals surface area contributed by atoms with E-state index in [1.54, 1.807) is 33.3 Å².